The summed E-state index contributed by atoms with van der Waals surface area (Å²) in [6.07, 6.45) is 0. The Morgan fingerprint density at radius 2 is 1.84 bits per heavy atom. The summed E-state index contributed by atoms with van der Waals surface area (Å²) in [7, 11) is 0. The molecular formula is C14H12BrF2NO. The van der Waals surface area contributed by atoms with Crippen LogP contribution in [-0.4, -0.2) is 0 Å². The van der Waals surface area contributed by atoms with Gasteiger partial charge in [-0.15, -0.1) is 0 Å². The van der Waals surface area contributed by atoms with E-state index in [9.17, 15) is 8.78 Å². The van der Waals surface area contributed by atoms with Crippen LogP contribution in [0, 0.1) is 11.6 Å². The van der Waals surface area contributed by atoms with Crippen molar-refractivity contribution in [2.75, 3.05) is 0 Å². The molecule has 2 rings (SSSR count). The van der Waals surface area contributed by atoms with Gasteiger partial charge in [-0.25, -0.2) is 8.78 Å². The zero-order chi connectivity index (χ0) is 13.8. The minimum Gasteiger partial charge on any atom is -0.486 e. The topological polar surface area (TPSA) is 35.2 Å². The third kappa shape index (κ3) is 3.52. The van der Waals surface area contributed by atoms with Gasteiger partial charge in [0.25, 0.3) is 0 Å². The first-order valence-electron chi connectivity index (χ1n) is 5.65. The highest BCUT2D eigenvalue weighted by Gasteiger charge is 2.07. The summed E-state index contributed by atoms with van der Waals surface area (Å²) in [6, 6.07) is 8.79. The highest BCUT2D eigenvalue weighted by Crippen LogP contribution is 2.23. The largest absolute Gasteiger partial charge is 0.486 e. The van der Waals surface area contributed by atoms with E-state index < -0.39 is 5.82 Å². The van der Waals surface area contributed by atoms with Crippen molar-refractivity contribution in [2.24, 2.45) is 5.73 Å². The standard InChI is InChI=1S/C14H12BrF2NO/c15-11-2-4-14(13(17)6-11)19-8-10-5-12(16)3-1-9(10)7-18/h1-6H,7-8,18H2. The van der Waals surface area contributed by atoms with E-state index in [4.69, 9.17) is 10.5 Å². The molecule has 0 aliphatic rings. The van der Waals surface area contributed by atoms with Gasteiger partial charge in [0.15, 0.2) is 11.6 Å². The third-order valence-corrected chi connectivity index (χ3v) is 3.16. The number of hydrogen-bond donors (Lipinski definition) is 1. The maximum atomic E-state index is 13.6. The number of nitrogens with two attached hydrogens (primary N) is 1. The van der Waals surface area contributed by atoms with Crippen LogP contribution in [0.2, 0.25) is 0 Å². The summed E-state index contributed by atoms with van der Waals surface area (Å²) in [5, 5.41) is 0. The van der Waals surface area contributed by atoms with Crippen LogP contribution in [0.3, 0.4) is 0 Å². The quantitative estimate of drug-likeness (QED) is 0.927. The van der Waals surface area contributed by atoms with E-state index in [1.165, 1.54) is 24.3 Å². The second-order valence-electron chi connectivity index (χ2n) is 3.98. The van der Waals surface area contributed by atoms with Crippen molar-refractivity contribution >= 4 is 15.9 Å². The van der Waals surface area contributed by atoms with Gasteiger partial charge in [0.1, 0.15) is 12.4 Å². The minimum atomic E-state index is -0.472. The summed E-state index contributed by atoms with van der Waals surface area (Å²) in [5.41, 5.74) is 6.95. The highest BCUT2D eigenvalue weighted by molar-refractivity contribution is 9.10. The van der Waals surface area contributed by atoms with Crippen LogP contribution in [0.15, 0.2) is 40.9 Å². The SMILES string of the molecule is NCc1ccc(F)cc1COc1ccc(Br)cc1F. The average Bonchev–Trinajstić information content (AvgIpc) is 2.38. The van der Waals surface area contributed by atoms with Crippen molar-refractivity contribution in [3.05, 3.63) is 63.6 Å². The molecule has 2 aromatic carbocycles. The van der Waals surface area contributed by atoms with Crippen molar-refractivity contribution < 1.29 is 13.5 Å². The predicted molar refractivity (Wildman–Crippen MR) is 72.7 cm³/mol. The van der Waals surface area contributed by atoms with Gasteiger partial charge >= 0.3 is 0 Å². The Morgan fingerprint density at radius 1 is 1.05 bits per heavy atom. The molecule has 0 fully saturated rings. The van der Waals surface area contributed by atoms with Crippen molar-refractivity contribution in [3.63, 3.8) is 0 Å². The number of halogens is 3. The lowest BCUT2D eigenvalue weighted by Crippen LogP contribution is -2.06. The molecule has 0 bridgehead atoms. The van der Waals surface area contributed by atoms with Crippen molar-refractivity contribution in [1.29, 1.82) is 0 Å². The summed E-state index contributed by atoms with van der Waals surface area (Å²) in [6.45, 7) is 0.352. The van der Waals surface area contributed by atoms with Crippen LogP contribution in [0.1, 0.15) is 11.1 Å². The first-order chi connectivity index (χ1) is 9.10. The normalized spacial score (nSPS) is 10.5. The lowest BCUT2D eigenvalue weighted by Gasteiger charge is -2.11. The molecule has 5 heteroatoms. The third-order valence-electron chi connectivity index (χ3n) is 2.67. The first-order valence-corrected chi connectivity index (χ1v) is 6.44. The van der Waals surface area contributed by atoms with Gasteiger partial charge < -0.3 is 10.5 Å². The van der Waals surface area contributed by atoms with Crippen molar-refractivity contribution in [2.45, 2.75) is 13.2 Å². The molecule has 0 aliphatic carbocycles. The number of rotatable bonds is 4. The van der Waals surface area contributed by atoms with Gasteiger partial charge in [0.05, 0.1) is 0 Å². The van der Waals surface area contributed by atoms with E-state index in [1.807, 2.05) is 0 Å². The first kappa shape index (κ1) is 14.0. The van der Waals surface area contributed by atoms with Crippen molar-refractivity contribution in [1.82, 2.24) is 0 Å². The van der Waals surface area contributed by atoms with Crippen molar-refractivity contribution in [3.8, 4) is 5.75 Å². The van der Waals surface area contributed by atoms with E-state index in [1.54, 1.807) is 12.1 Å². The van der Waals surface area contributed by atoms with Gasteiger partial charge in [-0.3, -0.25) is 0 Å². The maximum Gasteiger partial charge on any atom is 0.166 e. The highest BCUT2D eigenvalue weighted by atomic mass is 79.9. The molecule has 100 valence electrons. The van der Waals surface area contributed by atoms with Crippen LogP contribution in [0.25, 0.3) is 0 Å². The zero-order valence-corrected chi connectivity index (χ0v) is 11.6. The van der Waals surface area contributed by atoms with E-state index in [2.05, 4.69) is 15.9 Å². The smallest absolute Gasteiger partial charge is 0.166 e. The molecular weight excluding hydrogens is 316 g/mol. The fraction of sp³-hybridized carbons (Fsp3) is 0.143. The molecule has 2 aromatic rings. The van der Waals surface area contributed by atoms with Gasteiger partial charge in [0, 0.05) is 11.0 Å². The molecule has 0 aromatic heterocycles. The molecule has 0 heterocycles. The number of hydrogen-bond acceptors (Lipinski definition) is 2. The fourth-order valence-corrected chi connectivity index (χ4v) is 2.01. The lowest BCUT2D eigenvalue weighted by atomic mass is 10.1. The molecule has 0 saturated heterocycles. The summed E-state index contributed by atoms with van der Waals surface area (Å²) in [4.78, 5) is 0. The summed E-state index contributed by atoms with van der Waals surface area (Å²) < 4.78 is 32.7. The minimum absolute atomic E-state index is 0.0723. The van der Waals surface area contributed by atoms with E-state index in [0.29, 0.717) is 10.0 Å². The molecule has 0 amide bonds. The molecule has 0 radical (unpaired) electrons. The van der Waals surface area contributed by atoms with Gasteiger partial charge in [-0.1, -0.05) is 22.0 Å². The molecule has 0 atom stereocenters. The van der Waals surface area contributed by atoms with E-state index in [-0.39, 0.29) is 24.7 Å². The Bertz CT molecular complexity index is 590. The molecule has 0 saturated carbocycles. The van der Waals surface area contributed by atoms with Crippen LogP contribution in [-0.2, 0) is 13.2 Å². The molecule has 0 aliphatic heterocycles. The van der Waals surface area contributed by atoms with Crippen LogP contribution < -0.4 is 10.5 Å². The van der Waals surface area contributed by atoms with Crippen LogP contribution >= 0.6 is 15.9 Å². The van der Waals surface area contributed by atoms with E-state index >= 15 is 0 Å². The predicted octanol–water partition coefficient (Wildman–Crippen LogP) is 3.77. The monoisotopic (exact) mass is 327 g/mol. The van der Waals surface area contributed by atoms with Crippen LogP contribution in [0.4, 0.5) is 8.78 Å². The van der Waals surface area contributed by atoms with E-state index in [0.717, 1.165) is 5.56 Å². The Hall–Kier alpha value is -1.46. The molecule has 19 heavy (non-hydrogen) atoms. The second-order valence-corrected chi connectivity index (χ2v) is 4.90. The number of benzene rings is 2. The molecule has 2 nitrogen and oxygen atoms in total. The van der Waals surface area contributed by atoms with Gasteiger partial charge in [-0.05, 0) is 41.5 Å². The summed E-state index contributed by atoms with van der Waals surface area (Å²) >= 11 is 3.16. The lowest BCUT2D eigenvalue weighted by molar-refractivity contribution is 0.288. The Kier molecular flexibility index (Phi) is 4.50. The molecule has 2 N–H and O–H groups in total. The van der Waals surface area contributed by atoms with Gasteiger partial charge in [0.2, 0.25) is 0 Å². The Balaban J connectivity index is 2.16. The van der Waals surface area contributed by atoms with Gasteiger partial charge in [-0.2, -0.15) is 0 Å². The zero-order valence-electron chi connectivity index (χ0n) is 10.00. The van der Waals surface area contributed by atoms with Crippen LogP contribution in [0.5, 0.6) is 5.75 Å². The fourth-order valence-electron chi connectivity index (χ4n) is 1.68. The summed E-state index contributed by atoms with van der Waals surface area (Å²) in [5.74, 6) is -0.720. The Labute approximate surface area is 118 Å². The Morgan fingerprint density at radius 3 is 2.53 bits per heavy atom. The molecule has 0 unspecified atom stereocenters. The molecule has 0 spiro atoms. The maximum absolute atomic E-state index is 13.6. The average molecular weight is 328 g/mol. The second kappa shape index (κ2) is 6.12. The number of ether oxygens (including phenoxy) is 1.